The largest absolute Gasteiger partial charge is 0.467 e. The van der Waals surface area contributed by atoms with E-state index in [1.54, 1.807) is 6.07 Å². The first kappa shape index (κ1) is 31.8. The summed E-state index contributed by atoms with van der Waals surface area (Å²) in [5.74, 6) is -2.78. The Morgan fingerprint density at radius 3 is 2.16 bits per heavy atom. The standard InChI is InChI=1S/C31H38N2O10/c1-18(34)39-26-27(40-19(2)35)29(41-20(3)36)31(43-28(26)30(37)38-5)42-23-13-14-25-22(17-23)12-11-21-9-6-7-10-24(21)33(25)16-8-15-32-4/h6-7,9-10,13-14,17,26-29,31-32H,8,11-12,15-16H2,1-5H3/t26-,27-,28-,29+,31+/m1/s1. The van der Waals surface area contributed by atoms with Crippen LogP contribution in [0.3, 0.4) is 0 Å². The number of carbonyl (C=O) groups is 4. The highest BCUT2D eigenvalue weighted by Gasteiger charge is 2.55. The smallest absolute Gasteiger partial charge is 0.339 e. The Balaban J connectivity index is 1.70. The fourth-order valence-electron chi connectivity index (χ4n) is 5.45. The van der Waals surface area contributed by atoms with Crippen LogP contribution in [0.15, 0.2) is 42.5 Å². The monoisotopic (exact) mass is 598 g/mol. The number of hydrogen-bond donors (Lipinski definition) is 1. The van der Waals surface area contributed by atoms with Crippen molar-refractivity contribution in [2.45, 2.75) is 70.7 Å². The molecule has 0 aromatic heterocycles. The highest BCUT2D eigenvalue weighted by molar-refractivity contribution is 5.77. The van der Waals surface area contributed by atoms with Crippen molar-refractivity contribution in [1.82, 2.24) is 5.32 Å². The van der Waals surface area contributed by atoms with Crippen molar-refractivity contribution in [3.8, 4) is 5.75 Å². The van der Waals surface area contributed by atoms with Gasteiger partial charge in [0.25, 0.3) is 0 Å². The maximum absolute atomic E-state index is 12.7. The third kappa shape index (κ3) is 7.63. The van der Waals surface area contributed by atoms with Crippen LogP contribution in [0.4, 0.5) is 11.4 Å². The molecule has 0 spiro atoms. The first-order valence-corrected chi connectivity index (χ1v) is 14.2. The van der Waals surface area contributed by atoms with Gasteiger partial charge in [0.2, 0.25) is 12.4 Å². The zero-order valence-corrected chi connectivity index (χ0v) is 25.0. The summed E-state index contributed by atoms with van der Waals surface area (Å²) in [7, 11) is 3.06. The number of hydrogen-bond acceptors (Lipinski definition) is 12. The van der Waals surface area contributed by atoms with E-state index in [-0.39, 0.29) is 0 Å². The molecule has 0 radical (unpaired) electrons. The molecule has 2 heterocycles. The molecule has 0 saturated carbocycles. The fourth-order valence-corrected chi connectivity index (χ4v) is 5.45. The topological polar surface area (TPSA) is 139 Å². The summed E-state index contributed by atoms with van der Waals surface area (Å²) in [6.07, 6.45) is -4.74. The summed E-state index contributed by atoms with van der Waals surface area (Å²) in [5.41, 5.74) is 4.45. The second-order valence-corrected chi connectivity index (χ2v) is 10.3. The van der Waals surface area contributed by atoms with Gasteiger partial charge in [-0.2, -0.15) is 0 Å². The van der Waals surface area contributed by atoms with Gasteiger partial charge < -0.3 is 38.6 Å². The summed E-state index contributed by atoms with van der Waals surface area (Å²) in [6, 6.07) is 13.9. The molecule has 1 N–H and O–H groups in total. The molecule has 0 unspecified atom stereocenters. The van der Waals surface area contributed by atoms with E-state index in [1.165, 1.54) is 5.56 Å². The number of fused-ring (bicyclic) bond motifs is 2. The average molecular weight is 599 g/mol. The van der Waals surface area contributed by atoms with Crippen LogP contribution < -0.4 is 15.0 Å². The number of carbonyl (C=O) groups excluding carboxylic acids is 4. The molecule has 2 aromatic carbocycles. The maximum Gasteiger partial charge on any atom is 0.339 e. The van der Waals surface area contributed by atoms with E-state index in [9.17, 15) is 19.2 Å². The highest BCUT2D eigenvalue weighted by Crippen LogP contribution is 2.39. The fraction of sp³-hybridized carbons (Fsp3) is 0.484. The number of methoxy groups -OCH3 is 1. The molecular weight excluding hydrogens is 560 g/mol. The second-order valence-electron chi connectivity index (χ2n) is 10.3. The van der Waals surface area contributed by atoms with Gasteiger partial charge in [-0.05, 0) is 68.2 Å². The summed E-state index contributed by atoms with van der Waals surface area (Å²) < 4.78 is 33.3. The van der Waals surface area contributed by atoms with Gasteiger partial charge in [0, 0.05) is 38.7 Å². The molecule has 0 aliphatic carbocycles. The second kappa shape index (κ2) is 14.3. The number of para-hydroxylation sites is 1. The molecule has 1 saturated heterocycles. The van der Waals surface area contributed by atoms with Gasteiger partial charge in [-0.3, -0.25) is 14.4 Å². The Morgan fingerprint density at radius 2 is 1.49 bits per heavy atom. The predicted molar refractivity (Wildman–Crippen MR) is 154 cm³/mol. The molecule has 5 atom stereocenters. The van der Waals surface area contributed by atoms with E-state index in [0.29, 0.717) is 5.75 Å². The van der Waals surface area contributed by atoms with Crippen LogP contribution in [0.25, 0.3) is 0 Å². The highest BCUT2D eigenvalue weighted by atomic mass is 16.7. The lowest BCUT2D eigenvalue weighted by atomic mass is 9.97. The van der Waals surface area contributed by atoms with E-state index < -0.39 is 54.6 Å². The molecule has 2 aliphatic rings. The van der Waals surface area contributed by atoms with E-state index in [0.717, 1.165) is 77.2 Å². The van der Waals surface area contributed by atoms with Gasteiger partial charge in [0.05, 0.1) is 7.11 Å². The lowest BCUT2D eigenvalue weighted by molar-refractivity contribution is -0.282. The predicted octanol–water partition coefficient (Wildman–Crippen LogP) is 2.60. The molecule has 4 rings (SSSR count). The van der Waals surface area contributed by atoms with E-state index >= 15 is 0 Å². The summed E-state index contributed by atoms with van der Waals surface area (Å²) in [4.78, 5) is 51.2. The zero-order valence-electron chi connectivity index (χ0n) is 25.0. The van der Waals surface area contributed by atoms with Gasteiger partial charge in [-0.1, -0.05) is 18.2 Å². The van der Waals surface area contributed by atoms with Crippen LogP contribution in [0.2, 0.25) is 0 Å². The Morgan fingerprint density at radius 1 is 0.860 bits per heavy atom. The van der Waals surface area contributed by atoms with Crippen LogP contribution in [0.5, 0.6) is 5.75 Å². The van der Waals surface area contributed by atoms with Crippen molar-refractivity contribution < 1.29 is 47.6 Å². The first-order valence-electron chi connectivity index (χ1n) is 14.2. The number of esters is 4. The molecule has 0 bridgehead atoms. The van der Waals surface area contributed by atoms with Crippen molar-refractivity contribution in [3.05, 3.63) is 53.6 Å². The van der Waals surface area contributed by atoms with Crippen LogP contribution in [-0.4, -0.2) is 81.8 Å². The average Bonchev–Trinajstić information content (AvgIpc) is 3.11. The van der Waals surface area contributed by atoms with Crippen LogP contribution in [0.1, 0.15) is 38.3 Å². The molecule has 232 valence electrons. The van der Waals surface area contributed by atoms with Crippen LogP contribution >= 0.6 is 0 Å². The van der Waals surface area contributed by atoms with E-state index in [1.807, 2.05) is 31.3 Å². The number of benzene rings is 2. The Labute approximate surface area is 250 Å². The molecule has 2 aromatic rings. The van der Waals surface area contributed by atoms with Crippen molar-refractivity contribution in [1.29, 1.82) is 0 Å². The van der Waals surface area contributed by atoms with Crippen molar-refractivity contribution in [2.24, 2.45) is 0 Å². The Bertz CT molecular complexity index is 1330. The Hall–Kier alpha value is -4.16. The summed E-state index contributed by atoms with van der Waals surface area (Å²) in [5, 5.41) is 3.20. The van der Waals surface area contributed by atoms with Gasteiger partial charge in [0.1, 0.15) is 5.75 Å². The van der Waals surface area contributed by atoms with Crippen molar-refractivity contribution in [3.63, 3.8) is 0 Å². The van der Waals surface area contributed by atoms with Gasteiger partial charge in [-0.25, -0.2) is 4.79 Å². The summed E-state index contributed by atoms with van der Waals surface area (Å²) in [6.45, 7) is 5.09. The Kier molecular flexibility index (Phi) is 10.6. The molecular formula is C31H38N2O10. The third-order valence-electron chi connectivity index (χ3n) is 7.18. The number of nitrogens with zero attached hydrogens (tertiary/aromatic N) is 1. The lowest BCUT2D eigenvalue weighted by Crippen LogP contribution is -2.64. The number of nitrogens with one attached hydrogen (secondary N) is 1. The molecule has 1 fully saturated rings. The molecule has 2 aliphatic heterocycles. The van der Waals surface area contributed by atoms with Gasteiger partial charge >= 0.3 is 23.9 Å². The lowest BCUT2D eigenvalue weighted by Gasteiger charge is -2.43. The quantitative estimate of drug-likeness (QED) is 0.244. The van der Waals surface area contributed by atoms with Crippen molar-refractivity contribution in [2.75, 3.05) is 32.1 Å². The first-order chi connectivity index (χ1) is 20.6. The molecule has 0 amide bonds. The van der Waals surface area contributed by atoms with Crippen LogP contribution in [0, 0.1) is 0 Å². The number of aryl methyl sites for hydroxylation is 2. The van der Waals surface area contributed by atoms with E-state index in [4.69, 9.17) is 28.4 Å². The van der Waals surface area contributed by atoms with Crippen molar-refractivity contribution >= 4 is 35.3 Å². The third-order valence-corrected chi connectivity index (χ3v) is 7.18. The van der Waals surface area contributed by atoms with Gasteiger partial charge in [-0.15, -0.1) is 0 Å². The summed E-state index contributed by atoms with van der Waals surface area (Å²) >= 11 is 0. The van der Waals surface area contributed by atoms with E-state index in [2.05, 4.69) is 22.3 Å². The molecule has 12 heteroatoms. The molecule has 12 nitrogen and oxygen atoms in total. The minimum Gasteiger partial charge on any atom is -0.467 e. The van der Waals surface area contributed by atoms with Gasteiger partial charge in [0.15, 0.2) is 18.3 Å². The number of rotatable bonds is 10. The molecule has 43 heavy (non-hydrogen) atoms. The normalized spacial score (nSPS) is 22.7. The SMILES string of the molecule is CNCCCN1c2ccccc2CCc2cc(O[C@H]3O[C@@H](C(=O)OC)[C@H](OC(C)=O)[C@@H](OC(C)=O)[C@@H]3OC(C)=O)ccc21. The van der Waals surface area contributed by atoms with Crippen LogP contribution in [-0.2, 0) is 55.7 Å². The minimum absolute atomic E-state index is 0.373. The number of ether oxygens (including phenoxy) is 6. The maximum atomic E-state index is 12.7. The zero-order chi connectivity index (χ0) is 31.1. The minimum atomic E-state index is -1.53. The number of anilines is 2.